The average molecular weight is 513 g/mol. The van der Waals surface area contributed by atoms with Gasteiger partial charge in [-0.1, -0.05) is 0 Å². The van der Waals surface area contributed by atoms with Crippen molar-refractivity contribution in [3.8, 4) is 0 Å². The lowest BCUT2D eigenvalue weighted by atomic mass is 10.4. The van der Waals surface area contributed by atoms with Gasteiger partial charge in [0.2, 0.25) is 0 Å². The van der Waals surface area contributed by atoms with E-state index in [4.69, 9.17) is 21.8 Å². The number of hydrogen-bond donors (Lipinski definition) is 0. The second kappa shape index (κ2) is 13.8. The first-order chi connectivity index (χ1) is 13.6. The average Bonchev–Trinajstić information content (AvgIpc) is 2.51. The van der Waals surface area contributed by atoms with E-state index >= 15 is 0 Å². The molecule has 182 valence electrons. The summed E-state index contributed by atoms with van der Waals surface area (Å²) < 4.78 is 77.2. The molecule has 0 aromatic rings. The molecular formula is C17H40F4O5Si4. The van der Waals surface area contributed by atoms with Crippen molar-refractivity contribution < 1.29 is 39.4 Å². The molecule has 1 atom stereocenters. The standard InChI is InChI=1S/C17H40F4O5Si4/c1-27(24-28(2,3)14-9-12-23-16-18)25-30(6,7)26-29(4,5)15-8-11-22-13-10-17(19,20)21/h27H,8-16H2,1-7H3. The minimum Gasteiger partial charge on any atom is -0.439 e. The molecule has 13 heteroatoms. The minimum atomic E-state index is -4.17. The smallest absolute Gasteiger partial charge is 0.391 e. The molecule has 0 aromatic heterocycles. The first kappa shape index (κ1) is 30.4. The number of rotatable bonds is 17. The van der Waals surface area contributed by atoms with Gasteiger partial charge in [-0.3, -0.25) is 0 Å². The Morgan fingerprint density at radius 1 is 0.767 bits per heavy atom. The zero-order valence-electron chi connectivity index (χ0n) is 19.5. The van der Waals surface area contributed by atoms with E-state index in [1.807, 2.05) is 19.6 Å². The van der Waals surface area contributed by atoms with Crippen LogP contribution in [0.25, 0.3) is 0 Å². The summed E-state index contributed by atoms with van der Waals surface area (Å²) in [6.45, 7) is 14.1. The van der Waals surface area contributed by atoms with Crippen LogP contribution < -0.4 is 0 Å². The van der Waals surface area contributed by atoms with Gasteiger partial charge in [0.15, 0.2) is 23.5 Å². The fourth-order valence-corrected chi connectivity index (χ4v) is 19.5. The predicted octanol–water partition coefficient (Wildman–Crippen LogP) is 5.69. The van der Waals surface area contributed by atoms with E-state index in [2.05, 4.69) is 26.2 Å². The van der Waals surface area contributed by atoms with Gasteiger partial charge in [0.1, 0.15) is 0 Å². The Bertz CT molecular complexity index is 468. The molecule has 0 heterocycles. The first-order valence-corrected chi connectivity index (χ1v) is 21.6. The van der Waals surface area contributed by atoms with Gasteiger partial charge in [0.25, 0.3) is 9.28 Å². The van der Waals surface area contributed by atoms with Crippen LogP contribution in [0.3, 0.4) is 0 Å². The Balaban J connectivity index is 4.29. The molecule has 0 fully saturated rings. The summed E-state index contributed by atoms with van der Waals surface area (Å²) in [7, 11) is -8.21. The van der Waals surface area contributed by atoms with Crippen molar-refractivity contribution in [2.75, 3.05) is 26.7 Å². The lowest BCUT2D eigenvalue weighted by Gasteiger charge is -2.37. The molecule has 0 aliphatic rings. The van der Waals surface area contributed by atoms with Crippen molar-refractivity contribution in [3.63, 3.8) is 0 Å². The summed E-state index contributed by atoms with van der Waals surface area (Å²) >= 11 is 0. The fourth-order valence-electron chi connectivity index (χ4n) is 3.22. The second-order valence-corrected chi connectivity index (χ2v) is 23.7. The van der Waals surface area contributed by atoms with Crippen LogP contribution >= 0.6 is 0 Å². The van der Waals surface area contributed by atoms with E-state index in [1.54, 1.807) is 0 Å². The zero-order valence-corrected chi connectivity index (χ0v) is 23.6. The van der Waals surface area contributed by atoms with Crippen molar-refractivity contribution in [2.45, 2.75) is 83.4 Å². The molecule has 0 aliphatic heterocycles. The molecule has 0 spiro atoms. The SMILES string of the molecule is C[SiH](O[Si](C)(C)CCCOCF)O[Si](C)(C)O[Si](C)(C)CCCOCCC(F)(F)F. The van der Waals surface area contributed by atoms with E-state index in [1.165, 1.54) is 0 Å². The number of hydrogen-bond acceptors (Lipinski definition) is 5. The van der Waals surface area contributed by atoms with Gasteiger partial charge < -0.3 is 21.8 Å². The molecule has 0 aliphatic carbocycles. The van der Waals surface area contributed by atoms with Gasteiger partial charge >= 0.3 is 14.7 Å². The summed E-state index contributed by atoms with van der Waals surface area (Å²) in [6.07, 6.45) is -3.64. The Morgan fingerprint density at radius 3 is 1.83 bits per heavy atom. The number of alkyl halides is 4. The molecule has 1 unspecified atom stereocenters. The molecule has 0 saturated carbocycles. The van der Waals surface area contributed by atoms with Gasteiger partial charge in [0.05, 0.1) is 13.0 Å². The van der Waals surface area contributed by atoms with E-state index in [0.717, 1.165) is 18.5 Å². The molecule has 0 N–H and O–H groups in total. The largest absolute Gasteiger partial charge is 0.439 e. The predicted molar refractivity (Wildman–Crippen MR) is 121 cm³/mol. The maximum absolute atomic E-state index is 12.1. The van der Waals surface area contributed by atoms with Crippen molar-refractivity contribution in [3.05, 3.63) is 0 Å². The second-order valence-electron chi connectivity index (χ2n) is 9.03. The van der Waals surface area contributed by atoms with Crippen LogP contribution in [0.15, 0.2) is 0 Å². The molecule has 0 rings (SSSR count). The van der Waals surface area contributed by atoms with Gasteiger partial charge in [-0.2, -0.15) is 13.2 Å². The van der Waals surface area contributed by atoms with Crippen LogP contribution in [0, 0.1) is 0 Å². The monoisotopic (exact) mass is 512 g/mol. The highest BCUT2D eigenvalue weighted by atomic mass is 28.5. The number of halogens is 4. The molecule has 0 amide bonds. The van der Waals surface area contributed by atoms with Crippen molar-refractivity contribution in [1.82, 2.24) is 0 Å². The third-order valence-corrected chi connectivity index (χ3v) is 19.0. The maximum atomic E-state index is 12.1. The van der Waals surface area contributed by atoms with Crippen molar-refractivity contribution in [2.24, 2.45) is 0 Å². The Kier molecular flexibility index (Phi) is 14.0. The summed E-state index contributed by atoms with van der Waals surface area (Å²) in [5.41, 5.74) is 0. The van der Waals surface area contributed by atoms with Crippen molar-refractivity contribution >= 4 is 34.5 Å². The van der Waals surface area contributed by atoms with Crippen LogP contribution in [-0.4, -0.2) is 67.3 Å². The van der Waals surface area contributed by atoms with E-state index in [9.17, 15) is 17.6 Å². The highest BCUT2D eigenvalue weighted by Gasteiger charge is 2.37. The highest BCUT2D eigenvalue weighted by Crippen LogP contribution is 2.24. The summed E-state index contributed by atoms with van der Waals surface area (Å²) in [6, 6.07) is 1.68. The lowest BCUT2D eigenvalue weighted by Crippen LogP contribution is -2.51. The van der Waals surface area contributed by atoms with Crippen LogP contribution in [-0.2, 0) is 21.8 Å². The van der Waals surface area contributed by atoms with Gasteiger partial charge in [-0.05, 0) is 70.8 Å². The highest BCUT2D eigenvalue weighted by molar-refractivity contribution is 6.85. The topological polar surface area (TPSA) is 46.2 Å². The lowest BCUT2D eigenvalue weighted by molar-refractivity contribution is -0.145. The summed E-state index contributed by atoms with van der Waals surface area (Å²) in [5.74, 6) is 0. The molecule has 0 aromatic carbocycles. The number of ether oxygens (including phenoxy) is 2. The van der Waals surface area contributed by atoms with E-state index in [-0.39, 0.29) is 6.61 Å². The molecule has 30 heavy (non-hydrogen) atoms. The molecule has 0 saturated heterocycles. The van der Waals surface area contributed by atoms with Crippen molar-refractivity contribution in [1.29, 1.82) is 0 Å². The first-order valence-electron chi connectivity index (χ1n) is 10.4. The minimum absolute atomic E-state index is 0.296. The van der Waals surface area contributed by atoms with Crippen LogP contribution in [0.5, 0.6) is 0 Å². The van der Waals surface area contributed by atoms with Crippen LogP contribution in [0.4, 0.5) is 17.6 Å². The summed E-state index contributed by atoms with van der Waals surface area (Å²) in [4.78, 5) is 0. The van der Waals surface area contributed by atoms with E-state index < -0.39 is 53.9 Å². The molecule has 0 bridgehead atoms. The Hall–Kier alpha value is 0.388. The maximum Gasteiger partial charge on any atom is 0.391 e. The van der Waals surface area contributed by atoms with Gasteiger partial charge in [0, 0.05) is 13.2 Å². The third-order valence-electron chi connectivity index (χ3n) is 4.20. The van der Waals surface area contributed by atoms with Gasteiger partial charge in [-0.15, -0.1) is 0 Å². The molecule has 0 radical (unpaired) electrons. The van der Waals surface area contributed by atoms with Gasteiger partial charge in [-0.25, -0.2) is 4.39 Å². The van der Waals surface area contributed by atoms with Crippen LogP contribution in [0.1, 0.15) is 19.3 Å². The van der Waals surface area contributed by atoms with E-state index in [0.29, 0.717) is 19.6 Å². The van der Waals surface area contributed by atoms with Crippen LogP contribution in [0.2, 0.25) is 57.9 Å². The fraction of sp³-hybridized carbons (Fsp3) is 1.00. The third kappa shape index (κ3) is 18.0. The molecule has 5 nitrogen and oxygen atoms in total. The zero-order chi connectivity index (χ0) is 23.5. The quantitative estimate of drug-likeness (QED) is 0.142. The normalized spacial score (nSPS) is 14.9. The summed E-state index contributed by atoms with van der Waals surface area (Å²) in [5, 5.41) is 0. The Morgan fingerprint density at radius 2 is 1.30 bits per heavy atom. The Labute approximate surface area is 184 Å². The molecular weight excluding hydrogens is 473 g/mol.